The Labute approximate surface area is 121 Å². The van der Waals surface area contributed by atoms with Gasteiger partial charge in [-0.25, -0.2) is 4.39 Å². The lowest BCUT2D eigenvalue weighted by atomic mass is 10.0. The molecule has 1 aliphatic rings. The minimum Gasteiger partial charge on any atom is -0.494 e. The molecular weight excluding hydrogens is 279 g/mol. The van der Waals surface area contributed by atoms with Crippen molar-refractivity contribution in [2.75, 3.05) is 26.8 Å². The van der Waals surface area contributed by atoms with Crippen LogP contribution in [-0.4, -0.2) is 49.1 Å². The van der Waals surface area contributed by atoms with Crippen molar-refractivity contribution in [3.63, 3.8) is 0 Å². The van der Waals surface area contributed by atoms with Crippen LogP contribution in [-0.2, 0) is 9.53 Å². The predicted octanol–water partition coefficient (Wildman–Crippen LogP) is 0.551. The molecule has 1 aromatic carbocycles. The molecule has 0 spiro atoms. The molecule has 2 amide bonds. The fraction of sp³-hybridized carbons (Fsp3) is 0.429. The van der Waals surface area contributed by atoms with Crippen LogP contribution in [0.25, 0.3) is 0 Å². The van der Waals surface area contributed by atoms with Crippen LogP contribution in [0, 0.1) is 5.82 Å². The minimum atomic E-state index is -1.22. The molecule has 21 heavy (non-hydrogen) atoms. The Morgan fingerprint density at radius 1 is 1.48 bits per heavy atom. The Morgan fingerprint density at radius 3 is 2.76 bits per heavy atom. The monoisotopic (exact) mass is 296 g/mol. The number of ether oxygens (including phenoxy) is 2. The fourth-order valence-electron chi connectivity index (χ4n) is 2.17. The maximum absolute atomic E-state index is 13.7. The topological polar surface area (TPSA) is 81.9 Å². The van der Waals surface area contributed by atoms with Gasteiger partial charge in [-0.1, -0.05) is 0 Å². The van der Waals surface area contributed by atoms with Crippen LogP contribution in [0.2, 0.25) is 0 Å². The van der Waals surface area contributed by atoms with Gasteiger partial charge in [-0.05, 0) is 25.1 Å². The number of morpholine rings is 1. The van der Waals surface area contributed by atoms with Gasteiger partial charge in [-0.15, -0.1) is 0 Å². The van der Waals surface area contributed by atoms with Crippen LogP contribution >= 0.6 is 0 Å². The second kappa shape index (κ2) is 5.69. The van der Waals surface area contributed by atoms with Gasteiger partial charge in [0.1, 0.15) is 0 Å². The highest BCUT2D eigenvalue weighted by Gasteiger charge is 2.39. The molecule has 1 atom stereocenters. The molecule has 7 heteroatoms. The first-order valence-electron chi connectivity index (χ1n) is 6.44. The van der Waals surface area contributed by atoms with Crippen LogP contribution in [0.15, 0.2) is 18.2 Å². The van der Waals surface area contributed by atoms with Gasteiger partial charge in [0, 0.05) is 12.1 Å². The van der Waals surface area contributed by atoms with Crippen molar-refractivity contribution in [1.29, 1.82) is 0 Å². The van der Waals surface area contributed by atoms with Gasteiger partial charge >= 0.3 is 0 Å². The number of hydrogen-bond donors (Lipinski definition) is 1. The molecule has 114 valence electrons. The molecular formula is C14H17FN2O4. The van der Waals surface area contributed by atoms with Gasteiger partial charge in [0.15, 0.2) is 17.2 Å². The number of methoxy groups -OCH3 is 1. The Balaban J connectivity index is 2.20. The van der Waals surface area contributed by atoms with E-state index in [1.54, 1.807) is 0 Å². The summed E-state index contributed by atoms with van der Waals surface area (Å²) in [5.41, 5.74) is 4.25. The number of carbonyl (C=O) groups is 2. The molecule has 1 heterocycles. The zero-order valence-electron chi connectivity index (χ0n) is 11.9. The second-order valence-electron chi connectivity index (χ2n) is 5.02. The van der Waals surface area contributed by atoms with E-state index < -0.39 is 17.3 Å². The van der Waals surface area contributed by atoms with E-state index >= 15 is 0 Å². The van der Waals surface area contributed by atoms with Crippen LogP contribution in [0.5, 0.6) is 5.75 Å². The minimum absolute atomic E-state index is 0.0365. The molecule has 0 saturated carbocycles. The highest BCUT2D eigenvalue weighted by molar-refractivity contribution is 5.95. The Morgan fingerprint density at radius 2 is 2.19 bits per heavy atom. The SMILES string of the molecule is COc1ccc(C(=O)N2CCOC(C)(C(N)=O)C2)cc1F. The molecule has 0 radical (unpaired) electrons. The first-order valence-corrected chi connectivity index (χ1v) is 6.44. The molecule has 2 N–H and O–H groups in total. The number of nitrogens with zero attached hydrogens (tertiary/aromatic N) is 1. The number of amides is 2. The summed E-state index contributed by atoms with van der Waals surface area (Å²) in [4.78, 5) is 25.2. The van der Waals surface area contributed by atoms with Gasteiger partial charge in [0.05, 0.1) is 20.3 Å². The Hall–Kier alpha value is -2.15. The number of rotatable bonds is 3. The predicted molar refractivity (Wildman–Crippen MR) is 72.4 cm³/mol. The number of hydrogen-bond acceptors (Lipinski definition) is 4. The summed E-state index contributed by atoms with van der Waals surface area (Å²) in [6.45, 7) is 2.08. The Kier molecular flexibility index (Phi) is 4.13. The van der Waals surface area contributed by atoms with Crippen LogP contribution in [0.4, 0.5) is 4.39 Å². The van der Waals surface area contributed by atoms with E-state index in [1.807, 2.05) is 0 Å². The summed E-state index contributed by atoms with van der Waals surface area (Å²) >= 11 is 0. The van der Waals surface area contributed by atoms with E-state index in [9.17, 15) is 14.0 Å². The molecule has 1 fully saturated rings. The summed E-state index contributed by atoms with van der Waals surface area (Å²) in [5, 5.41) is 0. The summed E-state index contributed by atoms with van der Waals surface area (Å²) in [5.74, 6) is -1.57. The van der Waals surface area contributed by atoms with E-state index in [-0.39, 0.29) is 30.4 Å². The van der Waals surface area contributed by atoms with Gasteiger partial charge < -0.3 is 20.1 Å². The molecule has 1 unspecified atom stereocenters. The zero-order valence-corrected chi connectivity index (χ0v) is 11.9. The molecule has 0 aromatic heterocycles. The summed E-state index contributed by atoms with van der Waals surface area (Å²) < 4.78 is 23.8. The summed E-state index contributed by atoms with van der Waals surface area (Å²) in [7, 11) is 1.35. The van der Waals surface area contributed by atoms with Crippen molar-refractivity contribution in [2.24, 2.45) is 5.73 Å². The molecule has 2 rings (SSSR count). The number of primary amides is 1. The molecule has 1 aliphatic heterocycles. The number of nitrogens with two attached hydrogens (primary N) is 1. The maximum atomic E-state index is 13.7. The standard InChI is InChI=1S/C14H17FN2O4/c1-14(13(16)19)8-17(5-6-21-14)12(18)9-3-4-11(20-2)10(15)7-9/h3-4,7H,5-6,8H2,1-2H3,(H2,16,19). The quantitative estimate of drug-likeness (QED) is 0.883. The van der Waals surface area contributed by atoms with Gasteiger partial charge in [0.25, 0.3) is 11.8 Å². The number of carbonyl (C=O) groups excluding carboxylic acids is 2. The average molecular weight is 296 g/mol. The van der Waals surface area contributed by atoms with Crippen molar-refractivity contribution in [3.05, 3.63) is 29.6 Å². The van der Waals surface area contributed by atoms with Crippen LogP contribution < -0.4 is 10.5 Å². The molecule has 0 aliphatic carbocycles. The second-order valence-corrected chi connectivity index (χ2v) is 5.02. The van der Waals surface area contributed by atoms with Crippen LogP contribution in [0.3, 0.4) is 0 Å². The molecule has 0 bridgehead atoms. The van der Waals surface area contributed by atoms with E-state index in [2.05, 4.69) is 0 Å². The van der Waals surface area contributed by atoms with Gasteiger partial charge in [-0.3, -0.25) is 9.59 Å². The first kappa shape index (κ1) is 15.2. The highest BCUT2D eigenvalue weighted by atomic mass is 19.1. The summed E-state index contributed by atoms with van der Waals surface area (Å²) in [6.07, 6.45) is 0. The largest absolute Gasteiger partial charge is 0.494 e. The maximum Gasteiger partial charge on any atom is 0.254 e. The lowest BCUT2D eigenvalue weighted by molar-refractivity contribution is -0.150. The van der Waals surface area contributed by atoms with Crippen molar-refractivity contribution in [3.8, 4) is 5.75 Å². The zero-order chi connectivity index (χ0) is 15.6. The van der Waals surface area contributed by atoms with E-state index in [4.69, 9.17) is 15.2 Å². The fourth-order valence-corrected chi connectivity index (χ4v) is 2.17. The van der Waals surface area contributed by atoms with Crippen molar-refractivity contribution in [2.45, 2.75) is 12.5 Å². The Bertz CT molecular complexity index is 578. The molecule has 6 nitrogen and oxygen atoms in total. The first-order chi connectivity index (χ1) is 9.87. The van der Waals surface area contributed by atoms with Gasteiger partial charge in [0.2, 0.25) is 0 Å². The number of halogens is 1. The normalized spacial score (nSPS) is 22.0. The third-order valence-corrected chi connectivity index (χ3v) is 3.48. The van der Waals surface area contributed by atoms with Crippen molar-refractivity contribution >= 4 is 11.8 Å². The smallest absolute Gasteiger partial charge is 0.254 e. The van der Waals surface area contributed by atoms with Crippen LogP contribution in [0.1, 0.15) is 17.3 Å². The van der Waals surface area contributed by atoms with E-state index in [0.717, 1.165) is 6.07 Å². The van der Waals surface area contributed by atoms with Gasteiger partial charge in [-0.2, -0.15) is 0 Å². The highest BCUT2D eigenvalue weighted by Crippen LogP contribution is 2.22. The van der Waals surface area contributed by atoms with Crippen molar-refractivity contribution in [1.82, 2.24) is 4.90 Å². The number of benzene rings is 1. The lowest BCUT2D eigenvalue weighted by Crippen LogP contribution is -2.58. The third kappa shape index (κ3) is 2.97. The lowest BCUT2D eigenvalue weighted by Gasteiger charge is -2.38. The average Bonchev–Trinajstić information content (AvgIpc) is 2.46. The summed E-state index contributed by atoms with van der Waals surface area (Å²) in [6, 6.07) is 3.97. The van der Waals surface area contributed by atoms with E-state index in [0.29, 0.717) is 6.54 Å². The molecule has 1 saturated heterocycles. The van der Waals surface area contributed by atoms with Crippen molar-refractivity contribution < 1.29 is 23.5 Å². The molecule has 1 aromatic rings. The van der Waals surface area contributed by atoms with E-state index in [1.165, 1.54) is 31.1 Å². The third-order valence-electron chi connectivity index (χ3n) is 3.48.